The molecule has 0 aliphatic heterocycles. The third-order valence-corrected chi connectivity index (χ3v) is 2.49. The topological polar surface area (TPSA) is 29.1 Å². The molecule has 17 heavy (non-hydrogen) atoms. The molecule has 1 aromatic rings. The molecule has 0 heterocycles. The second kappa shape index (κ2) is 7.44. The summed E-state index contributed by atoms with van der Waals surface area (Å²) in [4.78, 5) is 11.8. The normalized spacial score (nSPS) is 11.8. The smallest absolute Gasteiger partial charge is 0.251 e. The number of carbonyl (C=O) groups excluding carboxylic acids is 1. The molecule has 1 rings (SSSR count). The quantitative estimate of drug-likeness (QED) is 0.771. The fourth-order valence-corrected chi connectivity index (χ4v) is 1.42. The summed E-state index contributed by atoms with van der Waals surface area (Å²) < 4.78 is 0. The van der Waals surface area contributed by atoms with Crippen molar-refractivity contribution in [1.29, 1.82) is 0 Å². The molecule has 1 amide bonds. The summed E-state index contributed by atoms with van der Waals surface area (Å²) in [5.41, 5.74) is 1.92. The van der Waals surface area contributed by atoms with Gasteiger partial charge in [0.25, 0.3) is 5.91 Å². The lowest BCUT2D eigenvalue weighted by Gasteiger charge is -2.06. The van der Waals surface area contributed by atoms with E-state index in [-0.39, 0.29) is 5.91 Å². The Morgan fingerprint density at radius 3 is 2.59 bits per heavy atom. The van der Waals surface area contributed by atoms with E-state index in [1.165, 1.54) is 5.57 Å². The number of hydrogen-bond acceptors (Lipinski definition) is 1. The fourth-order valence-electron chi connectivity index (χ4n) is 1.42. The predicted molar refractivity (Wildman–Crippen MR) is 72.0 cm³/mol. The average Bonchev–Trinajstić information content (AvgIpc) is 2.39. The summed E-state index contributed by atoms with van der Waals surface area (Å²) in [6.07, 6.45) is 6.97. The highest BCUT2D eigenvalue weighted by atomic mass is 16.1. The first-order chi connectivity index (χ1) is 8.27. The van der Waals surface area contributed by atoms with Gasteiger partial charge in [0, 0.05) is 12.1 Å². The summed E-state index contributed by atoms with van der Waals surface area (Å²) in [6, 6.07) is 9.27. The van der Waals surface area contributed by atoms with Crippen LogP contribution < -0.4 is 5.32 Å². The highest BCUT2D eigenvalue weighted by Crippen LogP contribution is 2.02. The number of amides is 1. The van der Waals surface area contributed by atoms with Crippen LogP contribution in [0.2, 0.25) is 0 Å². The van der Waals surface area contributed by atoms with Crippen LogP contribution in [0.3, 0.4) is 0 Å². The minimum absolute atomic E-state index is 0.0228. The molecule has 1 aromatic carbocycles. The lowest BCUT2D eigenvalue weighted by Crippen LogP contribution is -2.25. The lowest BCUT2D eigenvalue weighted by atomic mass is 10.1. The molecule has 0 bridgehead atoms. The standard InChI is InChI=1S/C15H19NO/c1-3-5-9-13(4-2)12-16-15(17)14-10-7-6-8-11-14/h3,5-11H,4,12H2,1-2H3,(H,16,17)/b5-3-,13-9+. The van der Waals surface area contributed by atoms with Crippen LogP contribution in [0.4, 0.5) is 0 Å². The van der Waals surface area contributed by atoms with Crippen molar-refractivity contribution in [3.05, 3.63) is 59.7 Å². The second-order valence-corrected chi connectivity index (χ2v) is 3.75. The number of nitrogens with one attached hydrogen (secondary N) is 1. The Morgan fingerprint density at radius 1 is 1.29 bits per heavy atom. The van der Waals surface area contributed by atoms with Gasteiger partial charge in [-0.1, -0.05) is 48.9 Å². The van der Waals surface area contributed by atoms with Crippen molar-refractivity contribution in [3.8, 4) is 0 Å². The third-order valence-electron chi connectivity index (χ3n) is 2.49. The zero-order valence-electron chi connectivity index (χ0n) is 10.4. The highest BCUT2D eigenvalue weighted by molar-refractivity contribution is 5.94. The molecule has 0 saturated carbocycles. The van der Waals surface area contributed by atoms with Crippen LogP contribution in [0.1, 0.15) is 30.6 Å². The second-order valence-electron chi connectivity index (χ2n) is 3.75. The minimum atomic E-state index is -0.0228. The van der Waals surface area contributed by atoms with Gasteiger partial charge < -0.3 is 5.32 Å². The van der Waals surface area contributed by atoms with Crippen molar-refractivity contribution in [3.63, 3.8) is 0 Å². The van der Waals surface area contributed by atoms with E-state index in [9.17, 15) is 4.79 Å². The molecule has 2 heteroatoms. The van der Waals surface area contributed by atoms with Crippen molar-refractivity contribution < 1.29 is 4.79 Å². The summed E-state index contributed by atoms with van der Waals surface area (Å²) in [5, 5.41) is 2.92. The Bertz CT molecular complexity index is 404. The van der Waals surface area contributed by atoms with Gasteiger partial charge in [0.2, 0.25) is 0 Å². The molecule has 0 saturated heterocycles. The first kappa shape index (κ1) is 13.2. The number of allylic oxidation sites excluding steroid dienone is 3. The summed E-state index contributed by atoms with van der Waals surface area (Å²) in [6.45, 7) is 4.67. The van der Waals surface area contributed by atoms with E-state index in [4.69, 9.17) is 0 Å². The fraction of sp³-hybridized carbons (Fsp3) is 0.267. The summed E-state index contributed by atoms with van der Waals surface area (Å²) in [7, 11) is 0. The Morgan fingerprint density at radius 2 is 2.00 bits per heavy atom. The Labute approximate surface area is 103 Å². The first-order valence-electron chi connectivity index (χ1n) is 5.92. The van der Waals surface area contributed by atoms with E-state index in [0.29, 0.717) is 12.1 Å². The van der Waals surface area contributed by atoms with Crippen molar-refractivity contribution in [2.75, 3.05) is 6.54 Å². The molecule has 0 radical (unpaired) electrons. The van der Waals surface area contributed by atoms with Gasteiger partial charge in [-0.3, -0.25) is 4.79 Å². The predicted octanol–water partition coefficient (Wildman–Crippen LogP) is 3.33. The Kier molecular flexibility index (Phi) is 5.80. The molecule has 0 aromatic heterocycles. The van der Waals surface area contributed by atoms with E-state index in [1.54, 1.807) is 0 Å². The van der Waals surface area contributed by atoms with E-state index in [0.717, 1.165) is 6.42 Å². The maximum absolute atomic E-state index is 11.8. The van der Waals surface area contributed by atoms with Crippen molar-refractivity contribution in [1.82, 2.24) is 5.32 Å². The molecular formula is C15H19NO. The van der Waals surface area contributed by atoms with Gasteiger partial charge in [-0.05, 0) is 25.5 Å². The van der Waals surface area contributed by atoms with Gasteiger partial charge in [0.15, 0.2) is 0 Å². The Hall–Kier alpha value is -1.83. The largest absolute Gasteiger partial charge is 0.348 e. The van der Waals surface area contributed by atoms with Crippen LogP contribution in [-0.2, 0) is 0 Å². The van der Waals surface area contributed by atoms with Gasteiger partial charge >= 0.3 is 0 Å². The lowest BCUT2D eigenvalue weighted by molar-refractivity contribution is 0.0957. The summed E-state index contributed by atoms with van der Waals surface area (Å²) in [5.74, 6) is -0.0228. The summed E-state index contributed by atoms with van der Waals surface area (Å²) >= 11 is 0. The van der Waals surface area contributed by atoms with Crippen molar-refractivity contribution in [2.45, 2.75) is 20.3 Å². The SMILES string of the molecule is C/C=C\C=C(/CC)CNC(=O)c1ccccc1. The molecule has 0 aliphatic carbocycles. The molecule has 0 fully saturated rings. The van der Waals surface area contributed by atoms with Gasteiger partial charge in [-0.2, -0.15) is 0 Å². The molecule has 0 spiro atoms. The van der Waals surface area contributed by atoms with E-state index >= 15 is 0 Å². The van der Waals surface area contributed by atoms with Crippen LogP contribution in [0, 0.1) is 0 Å². The van der Waals surface area contributed by atoms with Gasteiger partial charge in [-0.15, -0.1) is 0 Å². The maximum atomic E-state index is 11.8. The van der Waals surface area contributed by atoms with E-state index in [1.807, 2.05) is 55.5 Å². The first-order valence-corrected chi connectivity index (χ1v) is 5.92. The van der Waals surface area contributed by atoms with Gasteiger partial charge in [0.1, 0.15) is 0 Å². The van der Waals surface area contributed by atoms with Gasteiger partial charge in [0.05, 0.1) is 0 Å². The number of hydrogen-bond donors (Lipinski definition) is 1. The maximum Gasteiger partial charge on any atom is 0.251 e. The third kappa shape index (κ3) is 4.68. The molecule has 0 aliphatic rings. The average molecular weight is 229 g/mol. The zero-order valence-corrected chi connectivity index (χ0v) is 10.4. The van der Waals surface area contributed by atoms with Gasteiger partial charge in [-0.25, -0.2) is 0 Å². The Balaban J connectivity index is 2.53. The monoisotopic (exact) mass is 229 g/mol. The molecule has 0 atom stereocenters. The molecule has 90 valence electrons. The van der Waals surface area contributed by atoms with Crippen LogP contribution in [-0.4, -0.2) is 12.5 Å². The molecule has 1 N–H and O–H groups in total. The van der Waals surface area contributed by atoms with E-state index in [2.05, 4.69) is 12.2 Å². The van der Waals surface area contributed by atoms with Crippen LogP contribution in [0.25, 0.3) is 0 Å². The van der Waals surface area contributed by atoms with Crippen LogP contribution >= 0.6 is 0 Å². The molecule has 0 unspecified atom stereocenters. The van der Waals surface area contributed by atoms with Crippen molar-refractivity contribution in [2.24, 2.45) is 0 Å². The van der Waals surface area contributed by atoms with E-state index < -0.39 is 0 Å². The minimum Gasteiger partial charge on any atom is -0.348 e. The number of benzene rings is 1. The van der Waals surface area contributed by atoms with Crippen molar-refractivity contribution >= 4 is 5.91 Å². The zero-order chi connectivity index (χ0) is 12.5. The number of rotatable bonds is 5. The number of carbonyl (C=O) groups is 1. The van der Waals surface area contributed by atoms with Crippen LogP contribution in [0.5, 0.6) is 0 Å². The molecule has 2 nitrogen and oxygen atoms in total. The molecular weight excluding hydrogens is 210 g/mol. The highest BCUT2D eigenvalue weighted by Gasteiger charge is 2.03. The van der Waals surface area contributed by atoms with Crippen LogP contribution in [0.15, 0.2) is 54.1 Å².